The number of H-pyrrole nitrogens is 1. The van der Waals surface area contributed by atoms with Gasteiger partial charge < -0.3 is 14.5 Å². The highest BCUT2D eigenvalue weighted by Crippen LogP contribution is 2.30. The molecule has 0 spiro atoms. The highest BCUT2D eigenvalue weighted by molar-refractivity contribution is 5.90. The Hall–Kier alpha value is -4.55. The average molecular weight is 406 g/mol. The molecule has 0 aliphatic carbocycles. The Labute approximate surface area is 179 Å². The number of imidazole rings is 1. The molecule has 0 saturated carbocycles. The number of aromatic nitrogens is 2. The molecule has 31 heavy (non-hydrogen) atoms. The maximum absolute atomic E-state index is 9.65. The van der Waals surface area contributed by atoms with E-state index in [2.05, 4.69) is 22.1 Å². The van der Waals surface area contributed by atoms with Crippen molar-refractivity contribution >= 4 is 22.7 Å². The second-order valence-corrected chi connectivity index (χ2v) is 6.74. The highest BCUT2D eigenvalue weighted by atomic mass is 16.5. The third kappa shape index (κ3) is 4.24. The van der Waals surface area contributed by atoms with Gasteiger partial charge in [0.1, 0.15) is 18.5 Å². The van der Waals surface area contributed by atoms with E-state index in [0.29, 0.717) is 28.5 Å². The normalized spacial score (nSPS) is 11.0. The Morgan fingerprint density at radius 3 is 2.61 bits per heavy atom. The number of nitrogens with zero attached hydrogens (tertiary/aromatic N) is 3. The number of hydrogen-bond acceptors (Lipinski definition) is 5. The van der Waals surface area contributed by atoms with Crippen LogP contribution in [-0.2, 0) is 6.61 Å². The van der Waals surface area contributed by atoms with E-state index in [1.165, 1.54) is 0 Å². The highest BCUT2D eigenvalue weighted by Gasteiger charge is 2.11. The topological polar surface area (TPSA) is 94.7 Å². The van der Waals surface area contributed by atoms with E-state index in [4.69, 9.17) is 9.47 Å². The van der Waals surface area contributed by atoms with Gasteiger partial charge >= 0.3 is 0 Å². The lowest BCUT2D eigenvalue weighted by atomic mass is 10.1. The number of allylic oxidation sites excluding steroid dienone is 1. The molecule has 3 aromatic carbocycles. The molecule has 0 fully saturated rings. The second kappa shape index (κ2) is 8.86. The number of methoxy groups -OCH3 is 1. The van der Waals surface area contributed by atoms with Gasteiger partial charge in [-0.2, -0.15) is 10.5 Å². The van der Waals surface area contributed by atoms with Gasteiger partial charge in [0.15, 0.2) is 11.5 Å². The van der Waals surface area contributed by atoms with Crippen molar-refractivity contribution in [2.75, 3.05) is 7.11 Å². The lowest BCUT2D eigenvalue weighted by molar-refractivity contribution is 0.284. The fraction of sp³-hybridized carbons (Fsp3) is 0.0800. The lowest BCUT2D eigenvalue weighted by Gasteiger charge is -2.12. The van der Waals surface area contributed by atoms with E-state index >= 15 is 0 Å². The first-order valence-corrected chi connectivity index (χ1v) is 9.57. The number of para-hydroxylation sites is 2. The van der Waals surface area contributed by atoms with Crippen molar-refractivity contribution in [3.8, 4) is 23.6 Å². The molecular weight excluding hydrogens is 388 g/mol. The summed E-state index contributed by atoms with van der Waals surface area (Å²) < 4.78 is 11.4. The first-order chi connectivity index (χ1) is 15.2. The molecule has 4 rings (SSSR count). The number of ether oxygens (including phenoxy) is 2. The van der Waals surface area contributed by atoms with Gasteiger partial charge in [-0.1, -0.05) is 36.4 Å². The summed E-state index contributed by atoms with van der Waals surface area (Å²) in [6.07, 6.45) is 1.75. The molecule has 6 heteroatoms. The van der Waals surface area contributed by atoms with E-state index in [9.17, 15) is 10.5 Å². The Balaban J connectivity index is 1.59. The Bertz CT molecular complexity index is 1320. The van der Waals surface area contributed by atoms with Crippen LogP contribution in [0.4, 0.5) is 0 Å². The molecule has 0 radical (unpaired) electrons. The molecular formula is C25H18N4O2. The SMILES string of the molecule is COc1cc(C=C(C#N)c2nc3ccccc3[nH]2)ccc1OCc1ccccc1C#N. The summed E-state index contributed by atoms with van der Waals surface area (Å²) >= 11 is 0. The molecule has 1 N–H and O–H groups in total. The van der Waals surface area contributed by atoms with Gasteiger partial charge in [0, 0.05) is 5.56 Å². The largest absolute Gasteiger partial charge is 0.493 e. The van der Waals surface area contributed by atoms with E-state index in [0.717, 1.165) is 22.2 Å². The fourth-order valence-electron chi connectivity index (χ4n) is 3.20. The summed E-state index contributed by atoms with van der Waals surface area (Å²) in [5.74, 6) is 1.59. The van der Waals surface area contributed by atoms with Gasteiger partial charge in [-0.15, -0.1) is 0 Å². The van der Waals surface area contributed by atoms with Gasteiger partial charge in [-0.05, 0) is 42.0 Å². The van der Waals surface area contributed by atoms with Crippen LogP contribution in [0.2, 0.25) is 0 Å². The fourth-order valence-corrected chi connectivity index (χ4v) is 3.20. The van der Waals surface area contributed by atoms with E-state index in [-0.39, 0.29) is 6.61 Å². The summed E-state index contributed by atoms with van der Waals surface area (Å²) in [7, 11) is 1.56. The summed E-state index contributed by atoms with van der Waals surface area (Å²) in [5.41, 5.74) is 4.24. The first kappa shape index (κ1) is 19.8. The zero-order valence-electron chi connectivity index (χ0n) is 16.8. The predicted octanol–water partition coefficient (Wildman–Crippen LogP) is 5.09. The Morgan fingerprint density at radius 1 is 1.03 bits per heavy atom. The van der Waals surface area contributed by atoms with Crippen LogP contribution in [0.15, 0.2) is 66.7 Å². The molecule has 150 valence electrons. The van der Waals surface area contributed by atoms with Crippen LogP contribution < -0.4 is 9.47 Å². The van der Waals surface area contributed by atoms with Crippen molar-refractivity contribution in [2.45, 2.75) is 6.61 Å². The number of benzene rings is 3. The minimum absolute atomic E-state index is 0.248. The molecule has 0 amide bonds. The Kier molecular flexibility index (Phi) is 5.64. The van der Waals surface area contributed by atoms with Crippen molar-refractivity contribution in [3.63, 3.8) is 0 Å². The van der Waals surface area contributed by atoms with Crippen LogP contribution in [0.1, 0.15) is 22.5 Å². The molecule has 0 unspecified atom stereocenters. The summed E-state index contributed by atoms with van der Waals surface area (Å²) in [6.45, 7) is 0.248. The molecule has 0 aliphatic heterocycles. The quantitative estimate of drug-likeness (QED) is 0.450. The van der Waals surface area contributed by atoms with Crippen LogP contribution in [0.3, 0.4) is 0 Å². The third-order valence-electron chi connectivity index (χ3n) is 4.78. The van der Waals surface area contributed by atoms with Gasteiger partial charge in [-0.25, -0.2) is 4.98 Å². The number of fused-ring (bicyclic) bond motifs is 1. The van der Waals surface area contributed by atoms with Crippen molar-refractivity contribution in [1.29, 1.82) is 10.5 Å². The maximum Gasteiger partial charge on any atom is 0.161 e. The van der Waals surface area contributed by atoms with Crippen LogP contribution in [0, 0.1) is 22.7 Å². The molecule has 0 aliphatic rings. The summed E-state index contributed by atoms with van der Waals surface area (Å²) in [4.78, 5) is 7.66. The van der Waals surface area contributed by atoms with Gasteiger partial charge in [0.25, 0.3) is 0 Å². The average Bonchev–Trinajstić information content (AvgIpc) is 3.25. The van der Waals surface area contributed by atoms with Crippen LogP contribution in [0.5, 0.6) is 11.5 Å². The van der Waals surface area contributed by atoms with Crippen molar-refractivity contribution in [2.24, 2.45) is 0 Å². The molecule has 6 nitrogen and oxygen atoms in total. The van der Waals surface area contributed by atoms with Gasteiger partial charge in [-0.3, -0.25) is 0 Å². The van der Waals surface area contributed by atoms with Crippen molar-refractivity contribution in [3.05, 3.63) is 89.2 Å². The molecule has 1 heterocycles. The van der Waals surface area contributed by atoms with Crippen molar-refractivity contribution in [1.82, 2.24) is 9.97 Å². The second-order valence-electron chi connectivity index (χ2n) is 6.74. The number of rotatable bonds is 6. The molecule has 4 aromatic rings. The summed E-state index contributed by atoms with van der Waals surface area (Å²) in [6, 6.07) is 24.7. The smallest absolute Gasteiger partial charge is 0.161 e. The number of aromatic amines is 1. The molecule has 1 aromatic heterocycles. The summed E-state index contributed by atoms with van der Waals surface area (Å²) in [5, 5.41) is 18.9. The maximum atomic E-state index is 9.65. The minimum Gasteiger partial charge on any atom is -0.493 e. The molecule has 0 bridgehead atoms. The monoisotopic (exact) mass is 406 g/mol. The zero-order chi connectivity index (χ0) is 21.6. The van der Waals surface area contributed by atoms with Crippen LogP contribution in [0.25, 0.3) is 22.7 Å². The molecule has 0 atom stereocenters. The minimum atomic E-state index is 0.248. The van der Waals surface area contributed by atoms with Gasteiger partial charge in [0.2, 0.25) is 0 Å². The van der Waals surface area contributed by atoms with Crippen LogP contribution in [-0.4, -0.2) is 17.1 Å². The van der Waals surface area contributed by atoms with Gasteiger partial charge in [0.05, 0.1) is 35.3 Å². The number of hydrogen-bond donors (Lipinski definition) is 1. The zero-order valence-corrected chi connectivity index (χ0v) is 16.8. The first-order valence-electron chi connectivity index (χ1n) is 9.57. The third-order valence-corrected chi connectivity index (χ3v) is 4.78. The van der Waals surface area contributed by atoms with E-state index in [1.807, 2.05) is 48.5 Å². The van der Waals surface area contributed by atoms with Crippen molar-refractivity contribution < 1.29 is 9.47 Å². The molecule has 0 saturated heterocycles. The van der Waals surface area contributed by atoms with E-state index in [1.54, 1.807) is 31.4 Å². The lowest BCUT2D eigenvalue weighted by Crippen LogP contribution is -2.00. The Morgan fingerprint density at radius 2 is 1.84 bits per heavy atom. The van der Waals surface area contributed by atoms with Crippen LogP contribution >= 0.6 is 0 Å². The predicted molar refractivity (Wildman–Crippen MR) is 118 cm³/mol. The number of nitrogens with one attached hydrogen (secondary N) is 1. The standard InChI is InChI=1S/C25H18N4O2/c1-30-24-13-17(10-11-23(24)31-16-19-7-3-2-6-18(19)14-26)12-20(15-27)25-28-21-8-4-5-9-22(21)29-25/h2-13H,16H2,1H3,(H,28,29). The number of nitriles is 2. The van der Waals surface area contributed by atoms with E-state index < -0.39 is 0 Å².